The Morgan fingerprint density at radius 1 is 1.20 bits per heavy atom. The van der Waals surface area contributed by atoms with E-state index in [1.165, 1.54) is 34.9 Å². The highest BCUT2D eigenvalue weighted by atomic mass is 16.6. The number of ether oxygens (including phenoxy) is 1. The lowest BCUT2D eigenvalue weighted by atomic mass is 9.82. The SMILES string of the molecule is CC(=O)OC1CC(=O)N1c1ccc(CN2C(=O)[C@](O)([C@H](C)/C=C/CC(=O)N3CCC[C@H]3CO)c3cc([N+](=O)[O-])ccc32)cc1. The Balaban J connectivity index is 1.37. The first-order valence-electron chi connectivity index (χ1n) is 14.4. The van der Waals surface area contributed by atoms with E-state index >= 15 is 0 Å². The highest BCUT2D eigenvalue weighted by molar-refractivity contribution is 6.07. The van der Waals surface area contributed by atoms with Crippen LogP contribution in [0.1, 0.15) is 50.7 Å². The molecule has 44 heavy (non-hydrogen) atoms. The molecule has 3 amide bonds. The van der Waals surface area contributed by atoms with Crippen LogP contribution in [0.25, 0.3) is 0 Å². The number of hydrogen-bond donors (Lipinski definition) is 2. The first-order chi connectivity index (χ1) is 20.9. The van der Waals surface area contributed by atoms with Gasteiger partial charge >= 0.3 is 5.97 Å². The third kappa shape index (κ3) is 5.55. The van der Waals surface area contributed by atoms with Gasteiger partial charge in [0, 0.05) is 49.2 Å². The minimum atomic E-state index is -2.14. The van der Waals surface area contributed by atoms with Crippen molar-refractivity contribution < 1.29 is 39.1 Å². The molecule has 2 aromatic carbocycles. The molecule has 0 aliphatic carbocycles. The molecule has 2 N–H and O–H groups in total. The number of rotatable bonds is 10. The van der Waals surface area contributed by atoms with E-state index in [1.54, 1.807) is 48.2 Å². The van der Waals surface area contributed by atoms with E-state index in [0.29, 0.717) is 23.5 Å². The van der Waals surface area contributed by atoms with Gasteiger partial charge in [-0.15, -0.1) is 0 Å². The molecule has 3 aliphatic rings. The number of aliphatic hydroxyl groups is 2. The second kappa shape index (κ2) is 12.2. The highest BCUT2D eigenvalue weighted by Gasteiger charge is 2.53. The van der Waals surface area contributed by atoms with Crippen LogP contribution >= 0.6 is 0 Å². The number of non-ortho nitro benzene ring substituents is 1. The van der Waals surface area contributed by atoms with Crippen LogP contribution in [0.4, 0.5) is 17.1 Å². The van der Waals surface area contributed by atoms with E-state index < -0.39 is 34.5 Å². The number of likely N-dealkylation sites (tertiary alicyclic amines) is 1. The zero-order valence-corrected chi connectivity index (χ0v) is 24.4. The van der Waals surface area contributed by atoms with Gasteiger partial charge in [-0.1, -0.05) is 31.2 Å². The number of benzene rings is 2. The predicted octanol–water partition coefficient (Wildman–Crippen LogP) is 2.52. The summed E-state index contributed by atoms with van der Waals surface area (Å²) in [6.45, 7) is 3.35. The van der Waals surface area contributed by atoms with Gasteiger partial charge in [-0.25, -0.2) is 0 Å². The van der Waals surface area contributed by atoms with Crippen molar-refractivity contribution in [2.24, 2.45) is 5.92 Å². The molecular formula is C31H34N4O9. The number of fused-ring (bicyclic) bond motifs is 1. The van der Waals surface area contributed by atoms with Gasteiger partial charge < -0.3 is 24.7 Å². The molecule has 3 aliphatic heterocycles. The standard InChI is InChI=1S/C31H34N4O9/c1-19(5-3-7-27(38)32-14-4-6-24(32)18-36)31(41)25-15-23(35(42)43)12-13-26(25)33(30(31)40)17-21-8-10-22(11-9-21)34-28(39)16-29(34)44-20(2)37/h3,5,8-13,15,19,24,29,36,41H,4,6-7,14,16-18H2,1-2H3/b5-3+/t19-,24+,29?,31+/m1/s1. The van der Waals surface area contributed by atoms with E-state index in [2.05, 4.69) is 0 Å². The Labute approximate surface area is 253 Å². The van der Waals surface area contributed by atoms with Crippen LogP contribution in [0.3, 0.4) is 0 Å². The number of carbonyl (C=O) groups excluding carboxylic acids is 4. The Bertz CT molecular complexity index is 1520. The number of carbonyl (C=O) groups is 4. The van der Waals surface area contributed by atoms with Gasteiger partial charge in [0.05, 0.1) is 36.2 Å². The van der Waals surface area contributed by atoms with Crippen molar-refractivity contribution in [2.75, 3.05) is 23.0 Å². The van der Waals surface area contributed by atoms with Crippen LogP contribution < -0.4 is 9.80 Å². The van der Waals surface area contributed by atoms with Gasteiger partial charge in [-0.2, -0.15) is 0 Å². The molecule has 2 aromatic rings. The molecule has 0 radical (unpaired) electrons. The number of esters is 1. The maximum absolute atomic E-state index is 13.9. The number of nitrogens with zero attached hydrogens (tertiary/aromatic N) is 4. The van der Waals surface area contributed by atoms with Gasteiger partial charge in [-0.05, 0) is 36.6 Å². The summed E-state index contributed by atoms with van der Waals surface area (Å²) in [5, 5.41) is 33.0. The maximum atomic E-state index is 13.9. The largest absolute Gasteiger partial charge is 0.441 e. The molecule has 0 saturated carbocycles. The fourth-order valence-electron chi connectivity index (χ4n) is 6.12. The zero-order chi connectivity index (χ0) is 31.8. The molecule has 0 bridgehead atoms. The first kappa shape index (κ1) is 30.8. The third-order valence-corrected chi connectivity index (χ3v) is 8.51. The second-order valence-corrected chi connectivity index (χ2v) is 11.3. The van der Waals surface area contributed by atoms with Crippen molar-refractivity contribution in [1.29, 1.82) is 0 Å². The van der Waals surface area contributed by atoms with Crippen LogP contribution in [-0.4, -0.2) is 69.1 Å². The number of aliphatic hydroxyl groups excluding tert-OH is 1. The summed E-state index contributed by atoms with van der Waals surface area (Å²) in [6.07, 6.45) is 4.10. The molecule has 5 rings (SSSR count). The minimum absolute atomic E-state index is 0.0147. The quantitative estimate of drug-likeness (QED) is 0.136. The summed E-state index contributed by atoms with van der Waals surface area (Å²) in [5.41, 5.74) is -0.831. The van der Waals surface area contributed by atoms with Crippen LogP contribution in [0.15, 0.2) is 54.6 Å². The van der Waals surface area contributed by atoms with Gasteiger partial charge in [0.25, 0.3) is 11.6 Å². The van der Waals surface area contributed by atoms with E-state index in [1.807, 2.05) is 0 Å². The molecule has 3 heterocycles. The van der Waals surface area contributed by atoms with Crippen LogP contribution in [-0.2, 0) is 36.1 Å². The highest BCUT2D eigenvalue weighted by Crippen LogP contribution is 2.47. The van der Waals surface area contributed by atoms with E-state index in [4.69, 9.17) is 4.74 Å². The van der Waals surface area contributed by atoms with Crippen LogP contribution in [0.5, 0.6) is 0 Å². The molecule has 0 spiro atoms. The minimum Gasteiger partial charge on any atom is -0.441 e. The topological polar surface area (TPSA) is 171 Å². The average Bonchev–Trinajstić information content (AvgIpc) is 3.55. The summed E-state index contributed by atoms with van der Waals surface area (Å²) in [7, 11) is 0. The Hall–Kier alpha value is -4.62. The molecule has 13 nitrogen and oxygen atoms in total. The summed E-state index contributed by atoms with van der Waals surface area (Å²) in [5.74, 6) is -2.39. The molecule has 2 saturated heterocycles. The monoisotopic (exact) mass is 606 g/mol. The smallest absolute Gasteiger partial charge is 0.304 e. The Kier molecular flexibility index (Phi) is 8.53. The van der Waals surface area contributed by atoms with E-state index in [-0.39, 0.29) is 55.1 Å². The van der Waals surface area contributed by atoms with Gasteiger partial charge in [0.15, 0.2) is 11.8 Å². The average molecular weight is 607 g/mol. The fourth-order valence-corrected chi connectivity index (χ4v) is 6.12. The lowest BCUT2D eigenvalue weighted by Gasteiger charge is -2.39. The molecule has 1 unspecified atom stereocenters. The van der Waals surface area contributed by atoms with Crippen molar-refractivity contribution in [3.63, 3.8) is 0 Å². The number of nitro groups is 1. The Morgan fingerprint density at radius 2 is 1.93 bits per heavy atom. The molecule has 0 aromatic heterocycles. The summed E-state index contributed by atoms with van der Waals surface area (Å²) < 4.78 is 5.16. The zero-order valence-electron chi connectivity index (χ0n) is 24.4. The van der Waals surface area contributed by atoms with Gasteiger partial charge in [0.2, 0.25) is 11.8 Å². The molecule has 13 heteroatoms. The number of β-lactam (4-membered cyclic amide) rings is 1. The van der Waals surface area contributed by atoms with Crippen molar-refractivity contribution in [3.05, 3.63) is 75.9 Å². The number of hydrogen-bond acceptors (Lipinski definition) is 9. The summed E-state index contributed by atoms with van der Waals surface area (Å²) in [4.78, 5) is 65.4. The van der Waals surface area contributed by atoms with Crippen molar-refractivity contribution >= 4 is 40.8 Å². The fraction of sp³-hybridized carbons (Fsp3) is 0.419. The van der Waals surface area contributed by atoms with Crippen molar-refractivity contribution in [2.45, 2.75) is 63.9 Å². The first-order valence-corrected chi connectivity index (χ1v) is 14.4. The van der Waals surface area contributed by atoms with Crippen molar-refractivity contribution in [1.82, 2.24) is 4.90 Å². The van der Waals surface area contributed by atoms with E-state index in [9.17, 15) is 39.5 Å². The summed E-state index contributed by atoms with van der Waals surface area (Å²) in [6, 6.07) is 10.4. The Morgan fingerprint density at radius 3 is 2.57 bits per heavy atom. The third-order valence-electron chi connectivity index (χ3n) is 8.51. The van der Waals surface area contributed by atoms with E-state index in [0.717, 1.165) is 12.8 Å². The summed E-state index contributed by atoms with van der Waals surface area (Å²) >= 11 is 0. The van der Waals surface area contributed by atoms with Crippen LogP contribution in [0.2, 0.25) is 0 Å². The molecule has 232 valence electrons. The normalized spacial score (nSPS) is 23.6. The number of anilines is 2. The second-order valence-electron chi connectivity index (χ2n) is 11.3. The van der Waals surface area contributed by atoms with Crippen LogP contribution in [0, 0.1) is 16.0 Å². The molecule has 2 fully saturated rings. The maximum Gasteiger partial charge on any atom is 0.304 e. The predicted molar refractivity (Wildman–Crippen MR) is 157 cm³/mol. The van der Waals surface area contributed by atoms with Gasteiger partial charge in [-0.3, -0.25) is 34.2 Å². The lowest BCUT2D eigenvalue weighted by Crippen LogP contribution is -2.54. The van der Waals surface area contributed by atoms with Crippen molar-refractivity contribution in [3.8, 4) is 0 Å². The molecule has 4 atom stereocenters. The lowest BCUT2D eigenvalue weighted by molar-refractivity contribution is -0.385. The molecular weight excluding hydrogens is 572 g/mol. The van der Waals surface area contributed by atoms with Gasteiger partial charge in [0.1, 0.15) is 0 Å². The number of amides is 3. The number of nitro benzene ring substituents is 1.